The van der Waals surface area contributed by atoms with E-state index in [-0.39, 0.29) is 22.6 Å². The predicted molar refractivity (Wildman–Crippen MR) is 135 cm³/mol. The van der Waals surface area contributed by atoms with Gasteiger partial charge >= 0.3 is 6.55 Å². The highest BCUT2D eigenvalue weighted by Crippen LogP contribution is 2.33. The topological polar surface area (TPSA) is 106 Å². The number of alkyl halides is 4. The van der Waals surface area contributed by atoms with E-state index in [1.165, 1.54) is 37.5 Å². The zero-order valence-corrected chi connectivity index (χ0v) is 21.0. The third kappa shape index (κ3) is 5.70. The van der Waals surface area contributed by atoms with Crippen molar-refractivity contribution < 1.29 is 31.9 Å². The van der Waals surface area contributed by atoms with Crippen molar-refractivity contribution in [3.8, 4) is 22.3 Å². The van der Waals surface area contributed by atoms with Crippen molar-refractivity contribution in [2.75, 3.05) is 12.3 Å². The first-order chi connectivity index (χ1) is 18.5. The molecule has 2 heterocycles. The summed E-state index contributed by atoms with van der Waals surface area (Å²) in [5.41, 5.74) is 7.57. The minimum Gasteiger partial charge on any atom is -0.394 e. The Labute approximate surface area is 220 Å². The van der Waals surface area contributed by atoms with Crippen molar-refractivity contribution in [1.82, 2.24) is 20.1 Å². The van der Waals surface area contributed by atoms with Crippen molar-refractivity contribution >= 4 is 11.7 Å². The summed E-state index contributed by atoms with van der Waals surface area (Å²) < 4.78 is 68.6. The Balaban J connectivity index is 1.58. The van der Waals surface area contributed by atoms with Gasteiger partial charge in [-0.15, -0.1) is 0 Å². The molecular weight excluding hydrogens is 521 g/mol. The maximum atomic E-state index is 15.1. The molecule has 3 atom stereocenters. The zero-order chi connectivity index (χ0) is 28.4. The summed E-state index contributed by atoms with van der Waals surface area (Å²) in [4.78, 5) is 16.9. The summed E-state index contributed by atoms with van der Waals surface area (Å²) in [6.07, 6.45) is 4.48. The van der Waals surface area contributed by atoms with Gasteiger partial charge in [-0.3, -0.25) is 4.79 Å². The molecule has 2 unspecified atom stereocenters. The second-order valence-electron chi connectivity index (χ2n) is 9.22. The van der Waals surface area contributed by atoms with E-state index in [4.69, 9.17) is 5.73 Å². The second-order valence-corrected chi connectivity index (χ2v) is 9.22. The van der Waals surface area contributed by atoms with Gasteiger partial charge in [-0.2, -0.15) is 13.9 Å². The van der Waals surface area contributed by atoms with Crippen LogP contribution in [0.5, 0.6) is 0 Å². The first-order valence-corrected chi connectivity index (χ1v) is 12.0. The quantitative estimate of drug-likeness (QED) is 0.339. The summed E-state index contributed by atoms with van der Waals surface area (Å²) in [5.74, 6) is -3.20. The van der Waals surface area contributed by atoms with E-state index in [9.17, 15) is 27.5 Å². The third-order valence-electron chi connectivity index (χ3n) is 6.75. The highest BCUT2D eigenvalue weighted by molar-refractivity contribution is 5.95. The lowest BCUT2D eigenvalue weighted by Crippen LogP contribution is -2.40. The van der Waals surface area contributed by atoms with Crippen molar-refractivity contribution in [3.05, 3.63) is 77.5 Å². The lowest BCUT2D eigenvalue weighted by atomic mass is 9.85. The standard InChI is InChI=1S/C27H26F5N5O2/c1-13-3-4-16(7-19(13)24(29)30)23(12-38)36-26(39)18-6-5-15(9-22(18)28)20-8-17(10-34-25(20)33)21-11-35-37(14(21)2)27(31)32/h3-11,13,19,23-24,27,38H,12H2,1-2H3,(H2,33,34)(H,36,39)/t13?,19?,23-/m1/s1. The fourth-order valence-corrected chi connectivity index (χ4v) is 4.45. The minimum atomic E-state index is -2.82. The number of nitrogens with one attached hydrogen (secondary N) is 1. The van der Waals surface area contributed by atoms with Gasteiger partial charge < -0.3 is 16.2 Å². The number of hydrogen-bond acceptors (Lipinski definition) is 5. The maximum Gasteiger partial charge on any atom is 0.333 e. The van der Waals surface area contributed by atoms with E-state index in [1.54, 1.807) is 25.1 Å². The molecule has 4 N–H and O–H groups in total. The SMILES string of the molecule is Cc1c(-c2cnc(N)c(-c3ccc(C(=O)N[C@H](CO)C4=CC(C(F)F)C(C)C=C4)c(F)c3)c2)cnn1C(F)F. The molecule has 0 fully saturated rings. The van der Waals surface area contributed by atoms with Crippen LogP contribution in [0.3, 0.4) is 0 Å². The molecule has 1 aliphatic rings. The molecule has 3 aromatic rings. The molecular formula is C27H26F5N5O2. The molecule has 0 bridgehead atoms. The van der Waals surface area contributed by atoms with Crippen LogP contribution in [-0.2, 0) is 0 Å². The Morgan fingerprint density at radius 3 is 2.51 bits per heavy atom. The summed E-state index contributed by atoms with van der Waals surface area (Å²) >= 11 is 0. The average Bonchev–Trinajstić information content (AvgIpc) is 3.29. The number of benzene rings is 1. The van der Waals surface area contributed by atoms with Crippen molar-refractivity contribution in [1.29, 1.82) is 0 Å². The summed E-state index contributed by atoms with van der Waals surface area (Å²) in [7, 11) is 0. The molecule has 1 amide bonds. The van der Waals surface area contributed by atoms with Gasteiger partial charge in [0.1, 0.15) is 11.6 Å². The van der Waals surface area contributed by atoms with Gasteiger partial charge in [0.05, 0.1) is 24.4 Å². The van der Waals surface area contributed by atoms with Gasteiger partial charge in [0.15, 0.2) is 0 Å². The second kappa shape index (κ2) is 11.4. The smallest absolute Gasteiger partial charge is 0.333 e. The van der Waals surface area contributed by atoms with Gasteiger partial charge in [-0.25, -0.2) is 22.8 Å². The molecule has 7 nitrogen and oxygen atoms in total. The Bertz CT molecular complexity index is 1440. The number of pyridine rings is 1. The number of rotatable bonds is 8. The molecule has 1 aromatic carbocycles. The average molecular weight is 548 g/mol. The van der Waals surface area contributed by atoms with E-state index < -0.39 is 49.2 Å². The highest BCUT2D eigenvalue weighted by atomic mass is 19.3. The van der Waals surface area contributed by atoms with Gasteiger partial charge in [-0.05, 0) is 42.2 Å². The number of carbonyl (C=O) groups excluding carboxylic acids is 1. The monoisotopic (exact) mass is 547 g/mol. The molecule has 2 aromatic heterocycles. The first-order valence-electron chi connectivity index (χ1n) is 12.0. The number of nitrogens with zero attached hydrogens (tertiary/aromatic N) is 3. The summed E-state index contributed by atoms with van der Waals surface area (Å²) in [6, 6.07) is 4.27. The van der Waals surface area contributed by atoms with Crippen LogP contribution < -0.4 is 11.1 Å². The van der Waals surface area contributed by atoms with Crippen LogP contribution in [-0.4, -0.2) is 44.9 Å². The number of nitrogens with two attached hydrogens (primary N) is 1. The number of amides is 1. The number of aliphatic hydroxyl groups is 1. The lowest BCUT2D eigenvalue weighted by molar-refractivity contribution is 0.0545. The number of nitrogen functional groups attached to an aromatic ring is 1. The number of aromatic nitrogens is 3. The van der Waals surface area contributed by atoms with Crippen molar-refractivity contribution in [2.24, 2.45) is 11.8 Å². The van der Waals surface area contributed by atoms with Gasteiger partial charge in [0.2, 0.25) is 6.43 Å². The molecule has 0 aliphatic heterocycles. The molecule has 206 valence electrons. The molecule has 0 saturated carbocycles. The van der Waals surface area contributed by atoms with Crippen molar-refractivity contribution in [2.45, 2.75) is 32.9 Å². The van der Waals surface area contributed by atoms with Crippen LogP contribution in [0.1, 0.15) is 29.5 Å². The van der Waals surface area contributed by atoms with Crippen LogP contribution in [0.15, 0.2) is 60.5 Å². The van der Waals surface area contributed by atoms with Gasteiger partial charge in [0, 0.05) is 34.5 Å². The van der Waals surface area contributed by atoms with Crippen LogP contribution in [0.25, 0.3) is 22.3 Å². The number of anilines is 1. The maximum absolute atomic E-state index is 15.1. The number of carbonyl (C=O) groups is 1. The lowest BCUT2D eigenvalue weighted by Gasteiger charge is -2.26. The molecule has 39 heavy (non-hydrogen) atoms. The Kier molecular flexibility index (Phi) is 8.14. The molecule has 0 saturated heterocycles. The zero-order valence-electron chi connectivity index (χ0n) is 21.0. The van der Waals surface area contributed by atoms with Gasteiger partial charge in [0.25, 0.3) is 5.91 Å². The first kappa shape index (κ1) is 28.0. The number of hydrogen-bond donors (Lipinski definition) is 3. The van der Waals surface area contributed by atoms with E-state index in [2.05, 4.69) is 15.4 Å². The van der Waals surface area contributed by atoms with Crippen molar-refractivity contribution in [3.63, 3.8) is 0 Å². The predicted octanol–water partition coefficient (Wildman–Crippen LogP) is 5.14. The molecule has 4 rings (SSSR count). The number of halogens is 5. The summed E-state index contributed by atoms with van der Waals surface area (Å²) in [5, 5.41) is 16.0. The fourth-order valence-electron chi connectivity index (χ4n) is 4.45. The number of aliphatic hydroxyl groups excluding tert-OH is 1. The Morgan fingerprint density at radius 1 is 1.15 bits per heavy atom. The fraction of sp³-hybridized carbons (Fsp3) is 0.296. The van der Waals surface area contributed by atoms with Crippen LogP contribution in [0, 0.1) is 24.6 Å². The van der Waals surface area contributed by atoms with E-state index in [0.29, 0.717) is 26.9 Å². The third-order valence-corrected chi connectivity index (χ3v) is 6.75. The number of allylic oxidation sites excluding steroid dienone is 2. The Morgan fingerprint density at radius 2 is 1.90 bits per heavy atom. The van der Waals surface area contributed by atoms with E-state index in [1.807, 2.05) is 0 Å². The normalized spacial score (nSPS) is 17.9. The Hall–Kier alpha value is -4.06. The molecule has 0 spiro atoms. The van der Waals surface area contributed by atoms with Gasteiger partial charge in [-0.1, -0.05) is 31.2 Å². The molecule has 0 radical (unpaired) electrons. The van der Waals surface area contributed by atoms with Crippen LogP contribution in [0.4, 0.5) is 27.8 Å². The minimum absolute atomic E-state index is 0.0495. The van der Waals surface area contributed by atoms with Crippen LogP contribution in [0.2, 0.25) is 0 Å². The van der Waals surface area contributed by atoms with Crippen LogP contribution >= 0.6 is 0 Å². The summed E-state index contributed by atoms with van der Waals surface area (Å²) in [6.45, 7) is -0.287. The van der Waals surface area contributed by atoms with E-state index >= 15 is 4.39 Å². The largest absolute Gasteiger partial charge is 0.394 e. The molecule has 1 aliphatic carbocycles. The van der Waals surface area contributed by atoms with E-state index in [0.717, 1.165) is 6.07 Å². The highest BCUT2D eigenvalue weighted by Gasteiger charge is 2.29. The molecule has 12 heteroatoms.